The molecule has 2 unspecified atom stereocenters. The third-order valence-electron chi connectivity index (χ3n) is 4.79. The van der Waals surface area contributed by atoms with Crippen LogP contribution in [-0.2, 0) is 4.79 Å². The Morgan fingerprint density at radius 3 is 2.57 bits per heavy atom. The molecule has 2 heterocycles. The maximum atomic E-state index is 12.8. The molecule has 3 amide bonds. The standard InChI is InChI=1S/C18H25N3O2/c1-14-7-5-11-20(13-14)17(22)16-10-6-12-21(16)18(23)19-15-8-3-2-4-9-15/h2-4,8-9,14,16H,5-7,10-13H2,1H3,(H,19,23). The van der Waals surface area contributed by atoms with Crippen molar-refractivity contribution in [3.05, 3.63) is 30.3 Å². The molecule has 1 aromatic rings. The number of piperidine rings is 1. The van der Waals surface area contributed by atoms with E-state index in [-0.39, 0.29) is 18.0 Å². The molecule has 2 fully saturated rings. The van der Waals surface area contributed by atoms with E-state index in [1.54, 1.807) is 4.90 Å². The second-order valence-electron chi connectivity index (χ2n) is 6.68. The van der Waals surface area contributed by atoms with Crippen molar-refractivity contribution in [1.29, 1.82) is 0 Å². The molecule has 2 aliphatic rings. The Hall–Kier alpha value is -2.04. The maximum Gasteiger partial charge on any atom is 0.322 e. The van der Waals surface area contributed by atoms with Gasteiger partial charge in [0.15, 0.2) is 0 Å². The Kier molecular flexibility index (Phi) is 4.84. The Morgan fingerprint density at radius 2 is 1.83 bits per heavy atom. The van der Waals surface area contributed by atoms with Gasteiger partial charge in [0, 0.05) is 25.3 Å². The van der Waals surface area contributed by atoms with Crippen LogP contribution in [0.3, 0.4) is 0 Å². The fraction of sp³-hybridized carbons (Fsp3) is 0.556. The van der Waals surface area contributed by atoms with Crippen LogP contribution in [0.4, 0.5) is 10.5 Å². The van der Waals surface area contributed by atoms with E-state index >= 15 is 0 Å². The number of anilines is 1. The summed E-state index contributed by atoms with van der Waals surface area (Å²) in [6.07, 6.45) is 3.91. The number of hydrogen-bond donors (Lipinski definition) is 1. The van der Waals surface area contributed by atoms with Crippen LogP contribution >= 0.6 is 0 Å². The van der Waals surface area contributed by atoms with Crippen molar-refractivity contribution in [3.8, 4) is 0 Å². The molecule has 5 heteroatoms. The number of nitrogens with one attached hydrogen (secondary N) is 1. The lowest BCUT2D eigenvalue weighted by Crippen LogP contribution is -2.51. The first kappa shape index (κ1) is 15.8. The molecule has 0 aliphatic carbocycles. The third-order valence-corrected chi connectivity index (χ3v) is 4.79. The molecule has 1 aromatic carbocycles. The average molecular weight is 315 g/mol. The van der Waals surface area contributed by atoms with E-state index in [0.29, 0.717) is 12.5 Å². The predicted octanol–water partition coefficient (Wildman–Crippen LogP) is 2.94. The highest BCUT2D eigenvalue weighted by Crippen LogP contribution is 2.24. The number of nitrogens with zero attached hydrogens (tertiary/aromatic N) is 2. The molecule has 1 N–H and O–H groups in total. The number of urea groups is 1. The van der Waals surface area contributed by atoms with Crippen LogP contribution < -0.4 is 5.32 Å². The summed E-state index contributed by atoms with van der Waals surface area (Å²) in [6, 6.07) is 8.93. The van der Waals surface area contributed by atoms with Gasteiger partial charge in [0.2, 0.25) is 5.91 Å². The van der Waals surface area contributed by atoms with Crippen LogP contribution in [0.25, 0.3) is 0 Å². The van der Waals surface area contributed by atoms with E-state index in [2.05, 4.69) is 12.2 Å². The fourth-order valence-corrected chi connectivity index (χ4v) is 3.58. The van der Waals surface area contributed by atoms with Crippen LogP contribution in [0.1, 0.15) is 32.6 Å². The van der Waals surface area contributed by atoms with Gasteiger partial charge in [-0.25, -0.2) is 4.79 Å². The second kappa shape index (κ2) is 7.02. The molecule has 23 heavy (non-hydrogen) atoms. The third kappa shape index (κ3) is 3.66. The van der Waals surface area contributed by atoms with Crippen LogP contribution in [0.15, 0.2) is 30.3 Å². The van der Waals surface area contributed by atoms with Gasteiger partial charge in [-0.15, -0.1) is 0 Å². The van der Waals surface area contributed by atoms with Crippen LogP contribution in [0.2, 0.25) is 0 Å². The van der Waals surface area contributed by atoms with Crippen molar-refractivity contribution >= 4 is 17.6 Å². The van der Waals surface area contributed by atoms with Crippen LogP contribution in [0, 0.1) is 5.92 Å². The smallest absolute Gasteiger partial charge is 0.322 e. The normalized spacial score (nSPS) is 24.6. The summed E-state index contributed by atoms with van der Waals surface area (Å²) in [5.41, 5.74) is 0.766. The largest absolute Gasteiger partial charge is 0.341 e. The molecule has 0 bridgehead atoms. The van der Waals surface area contributed by atoms with Gasteiger partial charge in [-0.05, 0) is 43.7 Å². The molecule has 2 atom stereocenters. The van der Waals surface area contributed by atoms with E-state index in [0.717, 1.165) is 38.0 Å². The molecule has 0 radical (unpaired) electrons. The molecule has 5 nitrogen and oxygen atoms in total. The number of rotatable bonds is 2. The first-order valence-corrected chi connectivity index (χ1v) is 8.56. The van der Waals surface area contributed by atoms with Gasteiger partial charge >= 0.3 is 6.03 Å². The summed E-state index contributed by atoms with van der Waals surface area (Å²) < 4.78 is 0. The number of carbonyl (C=O) groups excluding carboxylic acids is 2. The predicted molar refractivity (Wildman–Crippen MR) is 90.2 cm³/mol. The molecule has 0 saturated carbocycles. The van der Waals surface area contributed by atoms with Crippen molar-refractivity contribution in [3.63, 3.8) is 0 Å². The highest BCUT2D eigenvalue weighted by molar-refractivity contribution is 5.94. The minimum Gasteiger partial charge on any atom is -0.341 e. The molecule has 0 aromatic heterocycles. The van der Waals surface area contributed by atoms with Crippen molar-refractivity contribution < 1.29 is 9.59 Å². The Labute approximate surface area is 137 Å². The highest BCUT2D eigenvalue weighted by Gasteiger charge is 2.37. The van der Waals surface area contributed by atoms with E-state index in [9.17, 15) is 9.59 Å². The van der Waals surface area contributed by atoms with Crippen molar-refractivity contribution in [2.75, 3.05) is 25.0 Å². The van der Waals surface area contributed by atoms with Crippen LogP contribution in [0.5, 0.6) is 0 Å². The molecule has 0 spiro atoms. The van der Waals surface area contributed by atoms with E-state index < -0.39 is 0 Å². The Balaban J connectivity index is 1.65. The molecule has 2 saturated heterocycles. The lowest BCUT2D eigenvalue weighted by atomic mass is 9.99. The topological polar surface area (TPSA) is 52.7 Å². The van der Waals surface area contributed by atoms with Gasteiger partial charge in [-0.1, -0.05) is 25.1 Å². The Morgan fingerprint density at radius 1 is 1.09 bits per heavy atom. The van der Waals surface area contributed by atoms with E-state index in [1.165, 1.54) is 6.42 Å². The minimum absolute atomic E-state index is 0.122. The van der Waals surface area contributed by atoms with Gasteiger partial charge in [0.1, 0.15) is 6.04 Å². The number of carbonyl (C=O) groups is 2. The van der Waals surface area contributed by atoms with E-state index in [4.69, 9.17) is 0 Å². The lowest BCUT2D eigenvalue weighted by molar-refractivity contribution is -0.136. The molecule has 2 aliphatic heterocycles. The zero-order valence-corrected chi connectivity index (χ0v) is 13.7. The number of para-hydroxylation sites is 1. The number of likely N-dealkylation sites (tertiary alicyclic amines) is 2. The van der Waals surface area contributed by atoms with Crippen LogP contribution in [-0.4, -0.2) is 47.4 Å². The highest BCUT2D eigenvalue weighted by atomic mass is 16.2. The summed E-state index contributed by atoms with van der Waals surface area (Å²) in [7, 11) is 0. The van der Waals surface area contributed by atoms with Gasteiger partial charge < -0.3 is 15.1 Å². The minimum atomic E-state index is -0.302. The van der Waals surface area contributed by atoms with Gasteiger partial charge in [-0.3, -0.25) is 4.79 Å². The summed E-state index contributed by atoms with van der Waals surface area (Å²) >= 11 is 0. The molecular formula is C18H25N3O2. The number of amides is 3. The summed E-state index contributed by atoms with van der Waals surface area (Å²) in [6.45, 7) is 4.49. The molecule has 124 valence electrons. The average Bonchev–Trinajstić information content (AvgIpc) is 3.05. The van der Waals surface area contributed by atoms with Gasteiger partial charge in [0.25, 0.3) is 0 Å². The zero-order valence-electron chi connectivity index (χ0n) is 13.7. The van der Waals surface area contributed by atoms with Crippen molar-refractivity contribution in [2.45, 2.75) is 38.6 Å². The maximum absolute atomic E-state index is 12.8. The SMILES string of the molecule is CC1CCCN(C(=O)C2CCCN2C(=O)Nc2ccccc2)C1. The zero-order chi connectivity index (χ0) is 16.2. The van der Waals surface area contributed by atoms with Gasteiger partial charge in [-0.2, -0.15) is 0 Å². The Bertz CT molecular complexity index is 561. The van der Waals surface area contributed by atoms with Crippen molar-refractivity contribution in [2.24, 2.45) is 5.92 Å². The van der Waals surface area contributed by atoms with Crippen molar-refractivity contribution in [1.82, 2.24) is 9.80 Å². The fourth-order valence-electron chi connectivity index (χ4n) is 3.58. The first-order valence-electron chi connectivity index (χ1n) is 8.56. The number of benzene rings is 1. The number of hydrogen-bond acceptors (Lipinski definition) is 2. The summed E-state index contributed by atoms with van der Waals surface area (Å²) in [5, 5.41) is 2.90. The first-order chi connectivity index (χ1) is 11.1. The van der Waals surface area contributed by atoms with E-state index in [1.807, 2.05) is 35.2 Å². The lowest BCUT2D eigenvalue weighted by Gasteiger charge is -2.35. The second-order valence-corrected chi connectivity index (χ2v) is 6.68. The molecular weight excluding hydrogens is 290 g/mol. The monoisotopic (exact) mass is 315 g/mol. The summed E-state index contributed by atoms with van der Waals surface area (Å²) in [5.74, 6) is 0.679. The summed E-state index contributed by atoms with van der Waals surface area (Å²) in [4.78, 5) is 29.0. The molecule has 3 rings (SSSR count). The van der Waals surface area contributed by atoms with Gasteiger partial charge in [0.05, 0.1) is 0 Å². The quantitative estimate of drug-likeness (QED) is 0.912.